The van der Waals surface area contributed by atoms with E-state index in [0.717, 1.165) is 67.5 Å². The number of carbonyl (C=O) groups is 1. The van der Waals surface area contributed by atoms with Crippen molar-refractivity contribution in [3.63, 3.8) is 0 Å². The number of H-pyrrole nitrogens is 1. The zero-order valence-corrected chi connectivity index (χ0v) is 20.6. The van der Waals surface area contributed by atoms with Crippen LogP contribution >= 0.6 is 0 Å². The Hall–Kier alpha value is -2.97. The van der Waals surface area contributed by atoms with Crippen molar-refractivity contribution in [3.8, 4) is 16.9 Å². The minimum atomic E-state index is -0.296. The molecule has 1 aliphatic carbocycles. The normalized spacial score (nSPS) is 26.1. The summed E-state index contributed by atoms with van der Waals surface area (Å²) in [6, 6.07) is 8.67. The van der Waals surface area contributed by atoms with E-state index in [0.29, 0.717) is 30.0 Å². The summed E-state index contributed by atoms with van der Waals surface area (Å²) in [5.41, 5.74) is 3.62. The average Bonchev–Trinajstić information content (AvgIpc) is 3.65. The molecule has 3 aliphatic rings. The molecule has 2 aromatic heterocycles. The third-order valence-corrected chi connectivity index (χ3v) is 8.54. The number of ether oxygens (including phenoxy) is 1. The van der Waals surface area contributed by atoms with Crippen LogP contribution in [-0.4, -0.2) is 76.7 Å². The Kier molecular flexibility index (Phi) is 6.17. The summed E-state index contributed by atoms with van der Waals surface area (Å²) >= 11 is 0. The van der Waals surface area contributed by atoms with E-state index in [9.17, 15) is 14.3 Å². The molecule has 36 heavy (non-hydrogen) atoms. The SMILES string of the molecule is COc1ccc(F)cc1-c1ccnc2[nH]c([C@@H]3C[C@@H]4CN(CC(=O)N5CCC[C@H]5CO)C[C@@H]4C3)cc12. The highest BCUT2D eigenvalue weighted by molar-refractivity contribution is 5.95. The lowest BCUT2D eigenvalue weighted by molar-refractivity contribution is -0.133. The van der Waals surface area contributed by atoms with Gasteiger partial charge in [0.2, 0.25) is 5.91 Å². The third-order valence-electron chi connectivity index (χ3n) is 8.54. The van der Waals surface area contributed by atoms with Crippen LogP contribution in [0.15, 0.2) is 36.5 Å². The fraction of sp³-hybridized carbons (Fsp3) is 0.500. The lowest BCUT2D eigenvalue weighted by Gasteiger charge is -2.26. The molecule has 0 spiro atoms. The molecule has 8 heteroatoms. The summed E-state index contributed by atoms with van der Waals surface area (Å²) in [7, 11) is 1.60. The fourth-order valence-corrected chi connectivity index (χ4v) is 6.81. The van der Waals surface area contributed by atoms with Crippen LogP contribution in [0.2, 0.25) is 0 Å². The number of rotatable bonds is 6. The largest absolute Gasteiger partial charge is 0.496 e. The summed E-state index contributed by atoms with van der Waals surface area (Å²) in [6.07, 6.45) is 5.81. The van der Waals surface area contributed by atoms with E-state index in [1.165, 1.54) is 17.8 Å². The Balaban J connectivity index is 1.16. The molecule has 1 saturated carbocycles. The number of amides is 1. The van der Waals surface area contributed by atoms with Gasteiger partial charge in [-0.05, 0) is 79.3 Å². The molecule has 0 bridgehead atoms. The van der Waals surface area contributed by atoms with Crippen LogP contribution in [-0.2, 0) is 4.79 Å². The average molecular weight is 493 g/mol. The van der Waals surface area contributed by atoms with Crippen molar-refractivity contribution >= 4 is 16.9 Å². The number of likely N-dealkylation sites (tertiary alicyclic amines) is 2. The molecule has 3 aromatic rings. The topological polar surface area (TPSA) is 81.7 Å². The molecule has 6 rings (SSSR count). The Morgan fingerprint density at radius 2 is 2.00 bits per heavy atom. The van der Waals surface area contributed by atoms with Crippen molar-refractivity contribution < 1.29 is 19.0 Å². The summed E-state index contributed by atoms with van der Waals surface area (Å²) in [5.74, 6) is 2.08. The fourth-order valence-electron chi connectivity index (χ4n) is 6.81. The summed E-state index contributed by atoms with van der Waals surface area (Å²) in [4.78, 5) is 25.1. The zero-order valence-electron chi connectivity index (χ0n) is 20.6. The number of carbonyl (C=O) groups excluding carboxylic acids is 1. The first-order chi connectivity index (χ1) is 17.5. The number of nitrogens with zero attached hydrogens (tertiary/aromatic N) is 3. The predicted molar refractivity (Wildman–Crippen MR) is 135 cm³/mol. The standard InChI is InChI=1S/C28H33FN4O3/c1-36-26-5-4-20(29)11-23(26)22-6-7-30-28-24(22)12-25(31-28)17-9-18-13-32(14-19(18)10-17)15-27(35)33-8-2-3-21(33)16-34/h4-7,11-12,17-19,21,34H,2-3,8-10,13-16H2,1H3,(H,30,31)/t17-,18-,19+,21-/m0/s1. The van der Waals surface area contributed by atoms with Crippen LogP contribution in [0.4, 0.5) is 4.39 Å². The second-order valence-corrected chi connectivity index (χ2v) is 10.6. The molecule has 0 unspecified atom stereocenters. The minimum absolute atomic E-state index is 0.00292. The van der Waals surface area contributed by atoms with Gasteiger partial charge in [0.15, 0.2) is 0 Å². The highest BCUT2D eigenvalue weighted by atomic mass is 19.1. The number of aliphatic hydroxyl groups is 1. The van der Waals surface area contributed by atoms with Crippen molar-refractivity contribution in [2.75, 3.05) is 39.9 Å². The zero-order chi connectivity index (χ0) is 24.8. The number of aliphatic hydroxyl groups excluding tert-OH is 1. The molecular formula is C28H33FN4O3. The Morgan fingerprint density at radius 1 is 1.19 bits per heavy atom. The van der Waals surface area contributed by atoms with Crippen LogP contribution in [0, 0.1) is 17.7 Å². The number of halogens is 1. The van der Waals surface area contributed by atoms with Gasteiger partial charge in [-0.2, -0.15) is 0 Å². The van der Waals surface area contributed by atoms with Gasteiger partial charge in [-0.1, -0.05) is 0 Å². The molecule has 2 aliphatic heterocycles. The summed E-state index contributed by atoms with van der Waals surface area (Å²) < 4.78 is 19.6. The summed E-state index contributed by atoms with van der Waals surface area (Å²) in [6.45, 7) is 3.20. The minimum Gasteiger partial charge on any atom is -0.496 e. The van der Waals surface area contributed by atoms with E-state index in [2.05, 4.69) is 20.9 Å². The van der Waals surface area contributed by atoms with E-state index >= 15 is 0 Å². The second kappa shape index (κ2) is 9.48. The number of aromatic amines is 1. The number of pyridine rings is 1. The van der Waals surface area contributed by atoms with Crippen LogP contribution in [0.1, 0.15) is 37.3 Å². The smallest absolute Gasteiger partial charge is 0.237 e. The van der Waals surface area contributed by atoms with Crippen molar-refractivity contribution in [3.05, 3.63) is 48.0 Å². The number of aromatic nitrogens is 2. The maximum atomic E-state index is 14.1. The van der Waals surface area contributed by atoms with Crippen molar-refractivity contribution in [2.45, 2.75) is 37.6 Å². The van der Waals surface area contributed by atoms with Crippen LogP contribution in [0.5, 0.6) is 5.75 Å². The molecule has 4 atom stereocenters. The van der Waals surface area contributed by atoms with Gasteiger partial charge in [-0.25, -0.2) is 9.37 Å². The number of methoxy groups -OCH3 is 1. The van der Waals surface area contributed by atoms with Crippen molar-refractivity contribution in [1.82, 2.24) is 19.8 Å². The van der Waals surface area contributed by atoms with E-state index in [4.69, 9.17) is 4.74 Å². The lowest BCUT2D eigenvalue weighted by atomic mass is 9.99. The highest BCUT2D eigenvalue weighted by Gasteiger charge is 2.42. The molecule has 0 radical (unpaired) electrons. The molecule has 1 amide bonds. The molecule has 7 nitrogen and oxygen atoms in total. The Bertz CT molecular complexity index is 1260. The molecule has 1 aromatic carbocycles. The van der Waals surface area contributed by atoms with Gasteiger partial charge in [0.25, 0.3) is 0 Å². The monoisotopic (exact) mass is 492 g/mol. The number of fused-ring (bicyclic) bond motifs is 2. The van der Waals surface area contributed by atoms with E-state index < -0.39 is 0 Å². The molecule has 2 N–H and O–H groups in total. The van der Waals surface area contributed by atoms with E-state index in [1.807, 2.05) is 11.0 Å². The summed E-state index contributed by atoms with van der Waals surface area (Å²) in [5, 5.41) is 10.5. The first kappa shape index (κ1) is 23.4. The van der Waals surface area contributed by atoms with Crippen molar-refractivity contribution in [1.29, 1.82) is 0 Å². The van der Waals surface area contributed by atoms with Gasteiger partial charge in [0.1, 0.15) is 17.2 Å². The first-order valence-corrected chi connectivity index (χ1v) is 13.0. The van der Waals surface area contributed by atoms with Crippen LogP contribution < -0.4 is 4.74 Å². The van der Waals surface area contributed by atoms with Gasteiger partial charge in [-0.15, -0.1) is 0 Å². The van der Waals surface area contributed by atoms with E-state index in [-0.39, 0.29) is 24.4 Å². The van der Waals surface area contributed by atoms with Crippen molar-refractivity contribution in [2.24, 2.45) is 11.8 Å². The first-order valence-electron chi connectivity index (χ1n) is 13.0. The van der Waals surface area contributed by atoms with Crippen LogP contribution in [0.25, 0.3) is 22.2 Å². The quantitative estimate of drug-likeness (QED) is 0.547. The number of benzene rings is 1. The molecule has 2 saturated heterocycles. The Labute approximate surface area is 210 Å². The third kappa shape index (κ3) is 4.16. The molecule has 4 heterocycles. The lowest BCUT2D eigenvalue weighted by Crippen LogP contribution is -2.43. The maximum absolute atomic E-state index is 14.1. The Morgan fingerprint density at radius 3 is 2.75 bits per heavy atom. The van der Waals surface area contributed by atoms with Gasteiger partial charge < -0.3 is 19.7 Å². The van der Waals surface area contributed by atoms with Crippen LogP contribution in [0.3, 0.4) is 0 Å². The molecule has 190 valence electrons. The molecular weight excluding hydrogens is 459 g/mol. The number of hydrogen-bond acceptors (Lipinski definition) is 5. The molecule has 3 fully saturated rings. The number of nitrogens with one attached hydrogen (secondary N) is 1. The highest BCUT2D eigenvalue weighted by Crippen LogP contribution is 2.47. The van der Waals surface area contributed by atoms with Gasteiger partial charge in [0.05, 0.1) is 26.3 Å². The van der Waals surface area contributed by atoms with Gasteiger partial charge >= 0.3 is 0 Å². The van der Waals surface area contributed by atoms with E-state index in [1.54, 1.807) is 19.4 Å². The second-order valence-electron chi connectivity index (χ2n) is 10.6. The van der Waals surface area contributed by atoms with Gasteiger partial charge in [0, 0.05) is 42.5 Å². The maximum Gasteiger partial charge on any atom is 0.237 e. The van der Waals surface area contributed by atoms with Gasteiger partial charge in [-0.3, -0.25) is 9.69 Å². The number of hydrogen-bond donors (Lipinski definition) is 2. The predicted octanol–water partition coefficient (Wildman–Crippen LogP) is 3.79.